The van der Waals surface area contributed by atoms with Gasteiger partial charge >= 0.3 is 0 Å². The Morgan fingerprint density at radius 1 is 1.41 bits per heavy atom. The first-order valence-electron chi connectivity index (χ1n) is 5.35. The Bertz CT molecular complexity index is 564. The van der Waals surface area contributed by atoms with E-state index in [-0.39, 0.29) is 10.9 Å². The smallest absolute Gasteiger partial charge is 0.238 e. The van der Waals surface area contributed by atoms with E-state index >= 15 is 0 Å². The van der Waals surface area contributed by atoms with Crippen LogP contribution in [0.25, 0.3) is 0 Å². The van der Waals surface area contributed by atoms with Crippen molar-refractivity contribution in [3.05, 3.63) is 18.2 Å². The third-order valence-electron chi connectivity index (χ3n) is 2.71. The normalized spacial score (nSPS) is 18.9. The van der Waals surface area contributed by atoms with E-state index in [2.05, 4.69) is 24.2 Å². The molecule has 5 nitrogen and oxygen atoms in total. The number of sulfonamides is 1. The maximum Gasteiger partial charge on any atom is 0.238 e. The highest BCUT2D eigenvalue weighted by Crippen LogP contribution is 2.31. The van der Waals surface area contributed by atoms with E-state index in [0.717, 1.165) is 5.69 Å². The van der Waals surface area contributed by atoms with Crippen LogP contribution in [0.15, 0.2) is 28.1 Å². The van der Waals surface area contributed by atoms with Crippen LogP contribution >= 0.6 is 0 Å². The topological polar surface area (TPSA) is 84.5 Å². The summed E-state index contributed by atoms with van der Waals surface area (Å²) >= 11 is 0. The second kappa shape index (κ2) is 4.12. The van der Waals surface area contributed by atoms with Gasteiger partial charge in [-0.3, -0.25) is 4.99 Å². The zero-order chi connectivity index (χ0) is 12.6. The summed E-state index contributed by atoms with van der Waals surface area (Å²) in [6.07, 6.45) is 1.79. The summed E-state index contributed by atoms with van der Waals surface area (Å²) in [6.45, 7) is 4.18. The van der Waals surface area contributed by atoms with Gasteiger partial charge in [-0.05, 0) is 24.1 Å². The van der Waals surface area contributed by atoms with Crippen molar-refractivity contribution in [2.24, 2.45) is 16.0 Å². The molecule has 3 N–H and O–H groups in total. The van der Waals surface area contributed by atoms with Crippen LogP contribution in [0.2, 0.25) is 0 Å². The zero-order valence-corrected chi connectivity index (χ0v) is 10.5. The Morgan fingerprint density at radius 2 is 2.12 bits per heavy atom. The zero-order valence-electron chi connectivity index (χ0n) is 9.71. The van der Waals surface area contributed by atoms with Gasteiger partial charge in [-0.2, -0.15) is 0 Å². The van der Waals surface area contributed by atoms with Crippen LogP contribution in [-0.4, -0.2) is 20.7 Å². The molecule has 2 rings (SSSR count). The van der Waals surface area contributed by atoms with Gasteiger partial charge in [0.25, 0.3) is 0 Å². The lowest BCUT2D eigenvalue weighted by molar-refractivity contribution is 0.597. The van der Waals surface area contributed by atoms with Gasteiger partial charge in [-0.15, -0.1) is 0 Å². The van der Waals surface area contributed by atoms with Gasteiger partial charge in [-0.25, -0.2) is 13.6 Å². The van der Waals surface area contributed by atoms with Crippen LogP contribution in [0.4, 0.5) is 11.4 Å². The molecular weight excluding hydrogens is 238 g/mol. The van der Waals surface area contributed by atoms with Crippen molar-refractivity contribution in [3.63, 3.8) is 0 Å². The number of nitrogens with two attached hydrogens (primary N) is 1. The number of fused-ring (bicyclic) bond motifs is 1. The molecule has 0 aromatic heterocycles. The van der Waals surface area contributed by atoms with Crippen molar-refractivity contribution in [2.75, 3.05) is 5.32 Å². The summed E-state index contributed by atoms with van der Waals surface area (Å²) in [7, 11) is -3.67. The van der Waals surface area contributed by atoms with E-state index in [0.29, 0.717) is 11.6 Å². The summed E-state index contributed by atoms with van der Waals surface area (Å²) in [6, 6.07) is 4.83. The van der Waals surface area contributed by atoms with Gasteiger partial charge < -0.3 is 5.32 Å². The van der Waals surface area contributed by atoms with Crippen LogP contribution in [0.5, 0.6) is 0 Å². The first kappa shape index (κ1) is 12.1. The molecule has 6 heteroatoms. The summed E-state index contributed by atoms with van der Waals surface area (Å²) in [5.74, 6) is 0.421. The standard InChI is InChI=1S/C11H15N3O2S/c1-7(2)11-6-13-10-5-8(17(12,15)16)3-4-9(10)14-11/h3-7,11,14H,1-2H3,(H2,12,15,16). The average molecular weight is 253 g/mol. The van der Waals surface area contributed by atoms with E-state index in [1.165, 1.54) is 12.1 Å². The number of aliphatic imine (C=N–C) groups is 1. The van der Waals surface area contributed by atoms with Crippen molar-refractivity contribution >= 4 is 27.6 Å². The number of anilines is 1. The molecule has 0 bridgehead atoms. The number of primary sulfonamides is 1. The first-order chi connectivity index (χ1) is 7.88. The second-order valence-corrected chi connectivity index (χ2v) is 5.98. The molecule has 0 spiro atoms. The van der Waals surface area contributed by atoms with Crippen LogP contribution < -0.4 is 10.5 Å². The summed E-state index contributed by atoms with van der Waals surface area (Å²) < 4.78 is 22.4. The highest BCUT2D eigenvalue weighted by Gasteiger charge is 2.18. The van der Waals surface area contributed by atoms with E-state index < -0.39 is 10.0 Å². The number of rotatable bonds is 2. The highest BCUT2D eigenvalue weighted by atomic mass is 32.2. The predicted octanol–water partition coefficient (Wildman–Crippen LogP) is 1.49. The number of nitrogens with one attached hydrogen (secondary N) is 1. The molecule has 0 saturated heterocycles. The van der Waals surface area contributed by atoms with Crippen LogP contribution in [-0.2, 0) is 10.0 Å². The van der Waals surface area contributed by atoms with Crippen molar-refractivity contribution in [2.45, 2.75) is 24.8 Å². The molecule has 17 heavy (non-hydrogen) atoms. The lowest BCUT2D eigenvalue weighted by Gasteiger charge is -2.24. The van der Waals surface area contributed by atoms with Crippen molar-refractivity contribution < 1.29 is 8.42 Å². The molecule has 0 radical (unpaired) electrons. The Hall–Kier alpha value is -1.40. The summed E-state index contributed by atoms with van der Waals surface area (Å²) in [5, 5.41) is 8.36. The highest BCUT2D eigenvalue weighted by molar-refractivity contribution is 7.89. The molecule has 0 fully saturated rings. The molecular formula is C11H15N3O2S. The minimum Gasteiger partial charge on any atom is -0.375 e. The van der Waals surface area contributed by atoms with Gasteiger partial charge in [0.1, 0.15) is 0 Å². The van der Waals surface area contributed by atoms with Gasteiger partial charge in [0.2, 0.25) is 10.0 Å². The largest absolute Gasteiger partial charge is 0.375 e. The average Bonchev–Trinajstić information content (AvgIpc) is 2.26. The minimum atomic E-state index is -3.67. The van der Waals surface area contributed by atoms with E-state index in [1.54, 1.807) is 12.3 Å². The van der Waals surface area contributed by atoms with Crippen molar-refractivity contribution in [1.29, 1.82) is 0 Å². The molecule has 0 aliphatic carbocycles. The number of hydrogen-bond donors (Lipinski definition) is 2. The lowest BCUT2D eigenvalue weighted by atomic mass is 10.0. The van der Waals surface area contributed by atoms with E-state index in [9.17, 15) is 8.42 Å². The monoisotopic (exact) mass is 253 g/mol. The molecule has 0 amide bonds. The van der Waals surface area contributed by atoms with Crippen molar-refractivity contribution in [3.8, 4) is 0 Å². The third-order valence-corrected chi connectivity index (χ3v) is 3.62. The Labute approximate surface area is 101 Å². The summed E-state index contributed by atoms with van der Waals surface area (Å²) in [5.41, 5.74) is 1.44. The second-order valence-electron chi connectivity index (χ2n) is 4.42. The van der Waals surface area contributed by atoms with Gasteiger partial charge in [-0.1, -0.05) is 13.8 Å². The molecule has 92 valence electrons. The Morgan fingerprint density at radius 3 is 2.71 bits per heavy atom. The fourth-order valence-electron chi connectivity index (χ4n) is 1.63. The van der Waals surface area contributed by atoms with Crippen LogP contribution in [0.1, 0.15) is 13.8 Å². The minimum absolute atomic E-state index is 0.0817. The quantitative estimate of drug-likeness (QED) is 0.837. The van der Waals surface area contributed by atoms with E-state index in [1.807, 2.05) is 0 Å². The number of benzene rings is 1. The van der Waals surface area contributed by atoms with Gasteiger partial charge in [0.05, 0.1) is 22.3 Å². The molecule has 1 atom stereocenters. The fraction of sp³-hybridized carbons (Fsp3) is 0.364. The number of nitrogens with zero attached hydrogens (tertiary/aromatic N) is 1. The van der Waals surface area contributed by atoms with Crippen LogP contribution in [0.3, 0.4) is 0 Å². The van der Waals surface area contributed by atoms with E-state index in [4.69, 9.17) is 5.14 Å². The van der Waals surface area contributed by atoms with Crippen molar-refractivity contribution in [1.82, 2.24) is 0 Å². The maximum atomic E-state index is 11.2. The number of hydrogen-bond acceptors (Lipinski definition) is 4. The fourth-order valence-corrected chi connectivity index (χ4v) is 2.17. The molecule has 1 aromatic carbocycles. The lowest BCUT2D eigenvalue weighted by Crippen LogP contribution is -2.29. The SMILES string of the molecule is CC(C)C1C=Nc2cc(S(N)(=O)=O)ccc2N1. The maximum absolute atomic E-state index is 11.2. The third kappa shape index (κ3) is 2.48. The van der Waals surface area contributed by atoms with Gasteiger partial charge in [0, 0.05) is 6.21 Å². The Kier molecular flexibility index (Phi) is 2.92. The summed E-state index contributed by atoms with van der Waals surface area (Å²) in [4.78, 5) is 4.34. The Balaban J connectivity index is 2.39. The molecule has 1 heterocycles. The van der Waals surface area contributed by atoms with Crippen LogP contribution in [0, 0.1) is 5.92 Å². The van der Waals surface area contributed by atoms with Gasteiger partial charge in [0.15, 0.2) is 0 Å². The first-order valence-corrected chi connectivity index (χ1v) is 6.90. The molecule has 1 aliphatic heterocycles. The predicted molar refractivity (Wildman–Crippen MR) is 68.2 cm³/mol. The molecule has 1 aromatic rings. The molecule has 0 saturated carbocycles. The molecule has 1 unspecified atom stereocenters. The molecule has 1 aliphatic rings.